The summed E-state index contributed by atoms with van der Waals surface area (Å²) in [7, 11) is -4.32. The number of fused-ring (bicyclic) bond motifs is 5. The van der Waals surface area contributed by atoms with E-state index < -0.39 is 69.2 Å². The van der Waals surface area contributed by atoms with Crippen LogP contribution in [0.2, 0.25) is 0 Å². The lowest BCUT2D eigenvalue weighted by molar-refractivity contribution is -0.185. The third kappa shape index (κ3) is 5.34. The van der Waals surface area contributed by atoms with Gasteiger partial charge in [-0.2, -0.15) is 8.42 Å². The van der Waals surface area contributed by atoms with Crippen LogP contribution in [0.4, 0.5) is 9.18 Å². The highest BCUT2D eigenvalue weighted by molar-refractivity contribution is 7.86. The summed E-state index contributed by atoms with van der Waals surface area (Å²) in [4.78, 5) is 39.2. The molecule has 11 heteroatoms. The zero-order valence-electron chi connectivity index (χ0n) is 25.6. The molecule has 0 radical (unpaired) electrons. The van der Waals surface area contributed by atoms with Crippen molar-refractivity contribution in [2.45, 2.75) is 89.0 Å². The Balaban J connectivity index is 1.48. The van der Waals surface area contributed by atoms with E-state index in [2.05, 4.69) is 0 Å². The molecule has 4 aliphatic rings. The Morgan fingerprint density at radius 2 is 1.86 bits per heavy atom. The second-order valence-electron chi connectivity index (χ2n) is 13.2. The molecular formula is C33H41FO9S. The highest BCUT2D eigenvalue weighted by Crippen LogP contribution is 2.68. The fraction of sp³-hybridized carbons (Fsp3) is 0.606. The number of rotatable bonds is 9. The Kier molecular flexibility index (Phi) is 8.72. The molecule has 4 aliphatic carbocycles. The van der Waals surface area contributed by atoms with E-state index in [0.29, 0.717) is 18.4 Å². The minimum atomic E-state index is -4.32. The monoisotopic (exact) mass is 632 g/mol. The van der Waals surface area contributed by atoms with E-state index in [-0.39, 0.29) is 42.5 Å². The highest BCUT2D eigenvalue weighted by Gasteiger charge is 2.71. The number of benzene rings is 1. The van der Waals surface area contributed by atoms with Crippen molar-refractivity contribution in [3.8, 4) is 0 Å². The molecular weight excluding hydrogens is 591 g/mol. The molecule has 1 N–H and O–H groups in total. The molecule has 44 heavy (non-hydrogen) atoms. The number of Topliss-reactive ketones (excluding diaryl/α,β-unsaturated/α-hetero) is 1. The molecule has 0 spiro atoms. The standard InChI is InChI=1S/C33H41FO9S/c1-5-6-15-41-30(38)43-33(28(37)19-42-44(39,40)22-9-7-20(2)8-10-22)14-12-24-23-17-26(34)25-16-21(35)11-13-31(25,3)29(23)27(36)18-32(24,33)4/h7-11,13,16,23-24,26-27,29,36H,5-6,12,14-15,17-19H2,1-4H3/t23-,24-,26-,27?,29+,31-,32-,33-/m0/s1. The second kappa shape index (κ2) is 11.8. The molecule has 1 aromatic rings. The van der Waals surface area contributed by atoms with Gasteiger partial charge in [0.05, 0.1) is 17.6 Å². The van der Waals surface area contributed by atoms with Gasteiger partial charge in [-0.1, -0.05) is 51.0 Å². The number of unbranched alkanes of at least 4 members (excludes halogenated alkanes) is 1. The number of carbonyl (C=O) groups is 3. The summed E-state index contributed by atoms with van der Waals surface area (Å²) in [6.45, 7) is 6.49. The molecule has 0 bridgehead atoms. The van der Waals surface area contributed by atoms with Gasteiger partial charge in [-0.15, -0.1) is 0 Å². The van der Waals surface area contributed by atoms with Crippen molar-refractivity contribution < 1.29 is 46.0 Å². The Bertz CT molecular complexity index is 1480. The predicted octanol–water partition coefficient (Wildman–Crippen LogP) is 5.19. The number of ketones is 2. The summed E-state index contributed by atoms with van der Waals surface area (Å²) in [5, 5.41) is 11.7. The number of aliphatic hydroxyl groups is 1. The van der Waals surface area contributed by atoms with Crippen molar-refractivity contribution >= 4 is 27.8 Å². The first kappa shape index (κ1) is 32.5. The fourth-order valence-electron chi connectivity index (χ4n) is 8.50. The minimum absolute atomic E-state index is 0.0269. The molecule has 1 aromatic carbocycles. The molecule has 8 atom stereocenters. The van der Waals surface area contributed by atoms with Crippen LogP contribution in [0.25, 0.3) is 0 Å². The highest BCUT2D eigenvalue weighted by atomic mass is 32.2. The maximum absolute atomic E-state index is 15.8. The molecule has 0 aromatic heterocycles. The lowest BCUT2D eigenvalue weighted by Crippen LogP contribution is -2.64. The number of aryl methyl sites for hydroxylation is 1. The second-order valence-corrected chi connectivity index (χ2v) is 14.8. The molecule has 0 amide bonds. The number of hydrogen-bond donors (Lipinski definition) is 1. The van der Waals surface area contributed by atoms with Gasteiger partial charge in [-0.05, 0) is 80.7 Å². The number of hydrogen-bond acceptors (Lipinski definition) is 9. The Hall–Kier alpha value is -2.89. The van der Waals surface area contributed by atoms with Crippen molar-refractivity contribution in [2.75, 3.05) is 13.2 Å². The van der Waals surface area contributed by atoms with Gasteiger partial charge in [-0.3, -0.25) is 13.8 Å². The van der Waals surface area contributed by atoms with Crippen LogP contribution in [0.5, 0.6) is 0 Å². The van der Waals surface area contributed by atoms with Crippen LogP contribution in [0.1, 0.15) is 64.9 Å². The molecule has 9 nitrogen and oxygen atoms in total. The van der Waals surface area contributed by atoms with Gasteiger partial charge in [0, 0.05) is 16.7 Å². The topological polar surface area (TPSA) is 133 Å². The van der Waals surface area contributed by atoms with Crippen LogP contribution in [0, 0.1) is 35.5 Å². The van der Waals surface area contributed by atoms with Crippen molar-refractivity contribution in [3.05, 3.63) is 53.6 Å². The zero-order chi connectivity index (χ0) is 32.1. The van der Waals surface area contributed by atoms with Crippen molar-refractivity contribution in [1.29, 1.82) is 0 Å². The number of carbonyl (C=O) groups excluding carboxylic acids is 3. The largest absolute Gasteiger partial charge is 0.509 e. The van der Waals surface area contributed by atoms with Crippen LogP contribution in [-0.4, -0.2) is 62.3 Å². The quantitative estimate of drug-likeness (QED) is 0.222. The van der Waals surface area contributed by atoms with Crippen LogP contribution >= 0.6 is 0 Å². The van der Waals surface area contributed by atoms with Gasteiger partial charge in [-0.25, -0.2) is 9.18 Å². The first-order chi connectivity index (χ1) is 20.7. The molecule has 5 rings (SSSR count). The number of aliphatic hydroxyl groups excluding tert-OH is 1. The average Bonchev–Trinajstić information content (AvgIpc) is 3.25. The van der Waals surface area contributed by atoms with E-state index in [9.17, 15) is 27.9 Å². The van der Waals surface area contributed by atoms with Gasteiger partial charge in [0.25, 0.3) is 10.1 Å². The summed E-state index contributed by atoms with van der Waals surface area (Å²) in [6, 6.07) is 5.98. The molecule has 0 heterocycles. The van der Waals surface area contributed by atoms with E-state index in [1.165, 1.54) is 24.3 Å². The van der Waals surface area contributed by atoms with Crippen molar-refractivity contribution in [3.63, 3.8) is 0 Å². The van der Waals surface area contributed by atoms with E-state index in [0.717, 1.165) is 12.0 Å². The molecule has 3 saturated carbocycles. The fourth-order valence-corrected chi connectivity index (χ4v) is 9.37. The van der Waals surface area contributed by atoms with Gasteiger partial charge >= 0.3 is 6.16 Å². The van der Waals surface area contributed by atoms with E-state index in [1.807, 2.05) is 13.8 Å². The molecule has 0 saturated heterocycles. The lowest BCUT2D eigenvalue weighted by Gasteiger charge is -2.60. The Morgan fingerprint density at radius 1 is 1.16 bits per heavy atom. The number of alkyl halides is 1. The van der Waals surface area contributed by atoms with Crippen molar-refractivity contribution in [2.24, 2.45) is 28.6 Å². The third-order valence-electron chi connectivity index (χ3n) is 10.7. The number of ether oxygens (including phenoxy) is 2. The predicted molar refractivity (Wildman–Crippen MR) is 158 cm³/mol. The minimum Gasteiger partial charge on any atom is -0.434 e. The first-order valence-corrected chi connectivity index (χ1v) is 16.7. The first-order valence-electron chi connectivity index (χ1n) is 15.3. The van der Waals surface area contributed by atoms with E-state index in [4.69, 9.17) is 13.7 Å². The normalized spacial score (nSPS) is 36.1. The summed E-state index contributed by atoms with van der Waals surface area (Å²) in [5.74, 6) is -2.28. The smallest absolute Gasteiger partial charge is 0.434 e. The van der Waals surface area contributed by atoms with Crippen LogP contribution in [-0.2, 0) is 33.4 Å². The summed E-state index contributed by atoms with van der Waals surface area (Å²) >= 11 is 0. The average molecular weight is 633 g/mol. The summed E-state index contributed by atoms with van der Waals surface area (Å²) in [6.07, 6.45) is 2.68. The number of halogens is 1. The van der Waals surface area contributed by atoms with Crippen molar-refractivity contribution in [1.82, 2.24) is 0 Å². The summed E-state index contributed by atoms with van der Waals surface area (Å²) < 4.78 is 58.1. The zero-order valence-corrected chi connectivity index (χ0v) is 26.4. The van der Waals surface area contributed by atoms with Crippen LogP contribution in [0.3, 0.4) is 0 Å². The number of allylic oxidation sites excluding steroid dienone is 4. The Morgan fingerprint density at radius 3 is 2.55 bits per heavy atom. The van der Waals surface area contributed by atoms with E-state index >= 15 is 4.39 Å². The molecule has 1 unspecified atom stereocenters. The maximum Gasteiger partial charge on any atom is 0.509 e. The molecule has 3 fully saturated rings. The van der Waals surface area contributed by atoms with E-state index in [1.54, 1.807) is 32.1 Å². The van der Waals surface area contributed by atoms with Gasteiger partial charge < -0.3 is 14.6 Å². The maximum atomic E-state index is 15.8. The van der Waals surface area contributed by atoms with Gasteiger partial charge in [0.15, 0.2) is 11.4 Å². The molecule has 0 aliphatic heterocycles. The SMILES string of the molecule is CCCCOC(=O)O[C@]1(C(=O)COS(=O)(=O)c2ccc(C)cc2)CC[C@H]2[C@@H]3C[C@H](F)C4=CC(=O)C=C[C@]4(C)[C@H]3C(O)C[C@@]21C. The third-order valence-corrected chi connectivity index (χ3v) is 12.0. The molecule has 240 valence electrons. The van der Waals surface area contributed by atoms with Crippen LogP contribution in [0.15, 0.2) is 53.0 Å². The van der Waals surface area contributed by atoms with Gasteiger partial charge in [0.2, 0.25) is 5.78 Å². The Labute approximate surface area is 258 Å². The lowest BCUT2D eigenvalue weighted by atomic mass is 9.46. The summed E-state index contributed by atoms with van der Waals surface area (Å²) in [5.41, 5.74) is -2.77. The van der Waals surface area contributed by atoms with Gasteiger partial charge in [0.1, 0.15) is 12.8 Å². The van der Waals surface area contributed by atoms with Crippen LogP contribution < -0.4 is 0 Å².